The molecule has 2 amide bonds. The Morgan fingerprint density at radius 1 is 1.29 bits per heavy atom. The van der Waals surface area contributed by atoms with Crippen LogP contribution in [0.5, 0.6) is 5.75 Å². The van der Waals surface area contributed by atoms with Gasteiger partial charge < -0.3 is 10.1 Å². The van der Waals surface area contributed by atoms with Crippen LogP contribution in [0.2, 0.25) is 0 Å². The lowest BCUT2D eigenvalue weighted by molar-refractivity contribution is 0.259. The van der Waals surface area contributed by atoms with E-state index in [-0.39, 0.29) is 10.6 Å². The summed E-state index contributed by atoms with van der Waals surface area (Å²) in [5, 5.41) is 4.74. The van der Waals surface area contributed by atoms with E-state index in [9.17, 15) is 13.2 Å². The number of hydrogen-bond donors (Lipinski definition) is 1. The van der Waals surface area contributed by atoms with Crippen LogP contribution in [-0.2, 0) is 10.0 Å². The third kappa shape index (κ3) is 2.16. The van der Waals surface area contributed by atoms with E-state index in [2.05, 4.69) is 5.32 Å². The summed E-state index contributed by atoms with van der Waals surface area (Å²) in [6, 6.07) is 5.43. The van der Waals surface area contributed by atoms with Crippen molar-refractivity contribution in [1.29, 1.82) is 0 Å². The molecule has 0 radical (unpaired) electrons. The number of methoxy groups -OCH3 is 1. The molecule has 1 N–H and O–H groups in total. The van der Waals surface area contributed by atoms with Gasteiger partial charge in [0.2, 0.25) is 0 Å². The van der Waals surface area contributed by atoms with Gasteiger partial charge in [-0.05, 0) is 36.1 Å². The molecule has 110 valence electrons. The first-order valence-electron chi connectivity index (χ1n) is 6.03. The van der Waals surface area contributed by atoms with Crippen LogP contribution in [0, 0.1) is 6.92 Å². The van der Waals surface area contributed by atoms with Gasteiger partial charge in [0.1, 0.15) is 15.6 Å². The minimum Gasteiger partial charge on any atom is -0.497 e. The quantitative estimate of drug-likeness (QED) is 0.921. The number of rotatable bonds is 2. The van der Waals surface area contributed by atoms with Crippen molar-refractivity contribution in [3.05, 3.63) is 35.2 Å². The average molecular weight is 324 g/mol. The molecule has 1 aliphatic heterocycles. The van der Waals surface area contributed by atoms with E-state index in [4.69, 9.17) is 4.74 Å². The largest absolute Gasteiger partial charge is 0.497 e. The number of benzene rings is 1. The van der Waals surface area contributed by atoms with Crippen LogP contribution in [0.3, 0.4) is 0 Å². The maximum absolute atomic E-state index is 12.7. The Kier molecular flexibility index (Phi) is 3.14. The number of thiophene rings is 1. The van der Waals surface area contributed by atoms with Crippen LogP contribution in [0.15, 0.2) is 34.5 Å². The standard InChI is InChI=1S/C13H12N2O4S2/c1-8-5-12(20-7-8)15-13(16)14-10-6-9(19-2)3-4-11(10)21(15,17)18/h3-7H,1-2H3,(H,14,16). The summed E-state index contributed by atoms with van der Waals surface area (Å²) in [6.07, 6.45) is 0. The highest BCUT2D eigenvalue weighted by molar-refractivity contribution is 7.94. The Balaban J connectivity index is 2.16. The molecule has 0 spiro atoms. The molecule has 2 aromatic rings. The number of carbonyl (C=O) groups is 1. The average Bonchev–Trinajstić information content (AvgIpc) is 2.83. The lowest BCUT2D eigenvalue weighted by atomic mass is 10.3. The number of urea groups is 1. The smallest absolute Gasteiger partial charge is 0.341 e. The molecule has 0 bridgehead atoms. The summed E-state index contributed by atoms with van der Waals surface area (Å²) < 4.78 is 31.1. The second-order valence-corrected chi connectivity index (χ2v) is 7.17. The van der Waals surface area contributed by atoms with Gasteiger partial charge in [-0.2, -0.15) is 4.31 Å². The summed E-state index contributed by atoms with van der Waals surface area (Å²) in [7, 11) is -2.45. The van der Waals surface area contributed by atoms with Crippen LogP contribution in [0.4, 0.5) is 15.5 Å². The zero-order chi connectivity index (χ0) is 15.2. The monoisotopic (exact) mass is 324 g/mol. The van der Waals surface area contributed by atoms with Crippen LogP contribution in [0.1, 0.15) is 5.56 Å². The number of anilines is 2. The van der Waals surface area contributed by atoms with Gasteiger partial charge >= 0.3 is 6.03 Å². The van der Waals surface area contributed by atoms with Gasteiger partial charge in [0.25, 0.3) is 10.0 Å². The molecule has 3 rings (SSSR count). The normalized spacial score (nSPS) is 16.3. The van der Waals surface area contributed by atoms with E-state index in [1.165, 1.54) is 30.6 Å². The molecular formula is C13H12N2O4S2. The van der Waals surface area contributed by atoms with E-state index < -0.39 is 16.1 Å². The van der Waals surface area contributed by atoms with Gasteiger partial charge in [-0.25, -0.2) is 13.2 Å². The first-order chi connectivity index (χ1) is 9.93. The van der Waals surface area contributed by atoms with E-state index >= 15 is 0 Å². The van der Waals surface area contributed by atoms with Gasteiger partial charge in [0.05, 0.1) is 12.8 Å². The van der Waals surface area contributed by atoms with Crippen molar-refractivity contribution >= 4 is 38.1 Å². The van der Waals surface area contributed by atoms with E-state index in [0.29, 0.717) is 10.8 Å². The Morgan fingerprint density at radius 3 is 2.67 bits per heavy atom. The molecule has 0 unspecified atom stereocenters. The Bertz CT molecular complexity index is 826. The lowest BCUT2D eigenvalue weighted by Crippen LogP contribution is -2.43. The number of aryl methyl sites for hydroxylation is 1. The van der Waals surface area contributed by atoms with Crippen molar-refractivity contribution in [2.24, 2.45) is 0 Å². The van der Waals surface area contributed by atoms with Gasteiger partial charge in [-0.3, -0.25) is 0 Å². The predicted octanol–water partition coefficient (Wildman–Crippen LogP) is 2.81. The minimum absolute atomic E-state index is 0.0500. The third-order valence-corrected chi connectivity index (χ3v) is 5.95. The molecule has 1 aliphatic rings. The number of sulfonamides is 1. The molecule has 21 heavy (non-hydrogen) atoms. The molecular weight excluding hydrogens is 312 g/mol. The first kappa shape index (κ1) is 13.9. The van der Waals surface area contributed by atoms with Crippen molar-refractivity contribution in [1.82, 2.24) is 0 Å². The van der Waals surface area contributed by atoms with E-state index in [0.717, 1.165) is 9.87 Å². The Morgan fingerprint density at radius 2 is 2.05 bits per heavy atom. The van der Waals surface area contributed by atoms with Crippen LogP contribution in [0.25, 0.3) is 0 Å². The molecule has 1 aromatic heterocycles. The van der Waals surface area contributed by atoms with Gasteiger partial charge in [-0.15, -0.1) is 11.3 Å². The maximum atomic E-state index is 12.7. The molecule has 0 saturated heterocycles. The zero-order valence-corrected chi connectivity index (χ0v) is 12.9. The molecule has 0 fully saturated rings. The fourth-order valence-corrected chi connectivity index (χ4v) is 4.68. The fraction of sp³-hybridized carbons (Fsp3) is 0.154. The highest BCUT2D eigenvalue weighted by Crippen LogP contribution is 2.37. The van der Waals surface area contributed by atoms with Crippen molar-refractivity contribution in [3.63, 3.8) is 0 Å². The van der Waals surface area contributed by atoms with Crippen molar-refractivity contribution in [2.75, 3.05) is 16.7 Å². The summed E-state index contributed by atoms with van der Waals surface area (Å²) in [5.74, 6) is 0.477. The minimum atomic E-state index is -3.92. The third-order valence-electron chi connectivity index (χ3n) is 3.05. The molecule has 8 heteroatoms. The van der Waals surface area contributed by atoms with Crippen LogP contribution in [-0.4, -0.2) is 21.6 Å². The van der Waals surface area contributed by atoms with Crippen molar-refractivity contribution < 1.29 is 17.9 Å². The summed E-state index contributed by atoms with van der Waals surface area (Å²) in [5.41, 5.74) is 1.13. The Hall–Kier alpha value is -2.06. The SMILES string of the molecule is COc1ccc2c(c1)NC(=O)N(c1cc(C)cs1)S2(=O)=O. The lowest BCUT2D eigenvalue weighted by Gasteiger charge is -2.27. The number of fused-ring (bicyclic) bond motifs is 1. The van der Waals surface area contributed by atoms with Crippen molar-refractivity contribution in [3.8, 4) is 5.75 Å². The van der Waals surface area contributed by atoms with E-state index in [1.807, 2.05) is 6.92 Å². The predicted molar refractivity (Wildman–Crippen MR) is 80.7 cm³/mol. The number of ether oxygens (including phenoxy) is 1. The number of hydrogen-bond acceptors (Lipinski definition) is 5. The molecule has 0 aliphatic carbocycles. The van der Waals surface area contributed by atoms with Gasteiger partial charge in [0.15, 0.2) is 0 Å². The highest BCUT2D eigenvalue weighted by atomic mass is 32.2. The summed E-state index contributed by atoms with van der Waals surface area (Å²) in [6.45, 7) is 1.84. The number of amides is 2. The molecule has 6 nitrogen and oxygen atoms in total. The second-order valence-electron chi connectivity index (χ2n) is 4.52. The Labute approximate surface area is 126 Å². The molecule has 2 heterocycles. The molecule has 0 atom stereocenters. The molecule has 1 aromatic carbocycles. The van der Waals surface area contributed by atoms with Crippen LogP contribution < -0.4 is 14.4 Å². The summed E-state index contributed by atoms with van der Waals surface area (Å²) >= 11 is 1.21. The fourth-order valence-electron chi connectivity index (χ4n) is 2.07. The van der Waals surface area contributed by atoms with Gasteiger partial charge in [-0.1, -0.05) is 0 Å². The van der Waals surface area contributed by atoms with Crippen LogP contribution >= 0.6 is 11.3 Å². The first-order valence-corrected chi connectivity index (χ1v) is 8.35. The zero-order valence-electron chi connectivity index (χ0n) is 11.3. The summed E-state index contributed by atoms with van der Waals surface area (Å²) in [4.78, 5) is 12.2. The number of nitrogens with one attached hydrogen (secondary N) is 1. The topological polar surface area (TPSA) is 75.7 Å². The number of nitrogens with zero attached hydrogens (tertiary/aromatic N) is 1. The highest BCUT2D eigenvalue weighted by Gasteiger charge is 2.38. The molecule has 0 saturated carbocycles. The maximum Gasteiger partial charge on any atom is 0.341 e. The van der Waals surface area contributed by atoms with Gasteiger partial charge in [0, 0.05) is 6.07 Å². The van der Waals surface area contributed by atoms with E-state index in [1.54, 1.807) is 17.5 Å². The van der Waals surface area contributed by atoms with Crippen molar-refractivity contribution in [2.45, 2.75) is 11.8 Å². The second kappa shape index (κ2) is 4.74. The number of carbonyl (C=O) groups excluding carboxylic acids is 1.